The van der Waals surface area contributed by atoms with Crippen molar-refractivity contribution in [3.05, 3.63) is 24.3 Å². The molecule has 0 aliphatic heterocycles. The molecule has 1 aromatic carbocycles. The fourth-order valence-corrected chi connectivity index (χ4v) is 2.18. The largest absolute Gasteiger partial charge is 0.492 e. The zero-order chi connectivity index (χ0) is 11.4. The number of rotatable bonds is 4. The van der Waals surface area contributed by atoms with Gasteiger partial charge < -0.3 is 15.2 Å². The summed E-state index contributed by atoms with van der Waals surface area (Å²) in [6, 6.07) is 8.05. The van der Waals surface area contributed by atoms with Crippen molar-refractivity contribution < 1.29 is 9.84 Å². The van der Waals surface area contributed by atoms with Gasteiger partial charge in [-0.15, -0.1) is 0 Å². The molecular weight excluding hydrogens is 202 g/mol. The van der Waals surface area contributed by atoms with E-state index in [1.54, 1.807) is 0 Å². The van der Waals surface area contributed by atoms with E-state index in [4.69, 9.17) is 4.74 Å². The van der Waals surface area contributed by atoms with Crippen molar-refractivity contribution in [3.63, 3.8) is 0 Å². The first-order valence-corrected chi connectivity index (χ1v) is 5.97. The maximum atomic E-state index is 9.77. The molecule has 2 unspecified atom stereocenters. The molecule has 3 heteroatoms. The Bertz CT molecular complexity index is 340. The molecule has 0 heterocycles. The van der Waals surface area contributed by atoms with Gasteiger partial charge in [-0.05, 0) is 38.3 Å². The lowest BCUT2D eigenvalue weighted by Crippen LogP contribution is -2.28. The van der Waals surface area contributed by atoms with Gasteiger partial charge >= 0.3 is 0 Å². The van der Waals surface area contributed by atoms with Crippen LogP contribution in [-0.4, -0.2) is 23.9 Å². The smallest absolute Gasteiger partial charge is 0.142 e. The van der Waals surface area contributed by atoms with Crippen LogP contribution in [0.4, 0.5) is 5.69 Å². The molecule has 2 N–H and O–H groups in total. The van der Waals surface area contributed by atoms with Gasteiger partial charge in [-0.1, -0.05) is 12.1 Å². The minimum absolute atomic E-state index is 0.168. The Morgan fingerprint density at radius 2 is 2.19 bits per heavy atom. The van der Waals surface area contributed by atoms with Gasteiger partial charge in [0.15, 0.2) is 0 Å². The van der Waals surface area contributed by atoms with Crippen LogP contribution in [-0.2, 0) is 0 Å². The van der Waals surface area contributed by atoms with Crippen LogP contribution < -0.4 is 10.1 Å². The molecule has 0 bridgehead atoms. The summed E-state index contributed by atoms with van der Waals surface area (Å²) in [5.74, 6) is 0.865. The van der Waals surface area contributed by atoms with E-state index in [-0.39, 0.29) is 12.1 Å². The average Bonchev–Trinajstić information content (AvgIpc) is 2.68. The van der Waals surface area contributed by atoms with Crippen LogP contribution in [0.1, 0.15) is 26.2 Å². The van der Waals surface area contributed by atoms with Crippen LogP contribution in [0.15, 0.2) is 24.3 Å². The number of nitrogens with one attached hydrogen (secondary N) is 1. The number of anilines is 1. The second kappa shape index (κ2) is 5.21. The van der Waals surface area contributed by atoms with E-state index < -0.39 is 0 Å². The molecule has 3 nitrogen and oxygen atoms in total. The summed E-state index contributed by atoms with van der Waals surface area (Å²) < 4.78 is 5.54. The lowest BCUT2D eigenvalue weighted by Gasteiger charge is -2.19. The lowest BCUT2D eigenvalue weighted by atomic mass is 10.2. The molecule has 16 heavy (non-hydrogen) atoms. The highest BCUT2D eigenvalue weighted by Crippen LogP contribution is 2.28. The quantitative estimate of drug-likeness (QED) is 0.820. The van der Waals surface area contributed by atoms with E-state index in [9.17, 15) is 5.11 Å². The standard InChI is InChI=1S/C13H19NO2/c1-2-16-13-9-4-3-6-11(13)14-10-7-5-8-12(10)15/h3-4,6,9-10,12,14-15H,2,5,7-8H2,1H3. The fraction of sp³-hybridized carbons (Fsp3) is 0.538. The van der Waals surface area contributed by atoms with Gasteiger partial charge in [0.25, 0.3) is 0 Å². The van der Waals surface area contributed by atoms with Gasteiger partial charge in [0.1, 0.15) is 5.75 Å². The Hall–Kier alpha value is -1.22. The third-order valence-electron chi connectivity index (χ3n) is 3.01. The maximum Gasteiger partial charge on any atom is 0.142 e. The second-order valence-electron chi connectivity index (χ2n) is 4.18. The minimum Gasteiger partial charge on any atom is -0.492 e. The second-order valence-corrected chi connectivity index (χ2v) is 4.18. The Balaban J connectivity index is 2.07. The van der Waals surface area contributed by atoms with Crippen LogP contribution in [0.3, 0.4) is 0 Å². The minimum atomic E-state index is -0.227. The summed E-state index contributed by atoms with van der Waals surface area (Å²) >= 11 is 0. The first kappa shape index (κ1) is 11.3. The summed E-state index contributed by atoms with van der Waals surface area (Å²) in [5.41, 5.74) is 0.982. The normalized spacial score (nSPS) is 24.4. The van der Waals surface area contributed by atoms with Crippen molar-refractivity contribution in [2.45, 2.75) is 38.3 Å². The predicted molar refractivity (Wildman–Crippen MR) is 64.9 cm³/mol. The van der Waals surface area contributed by atoms with Gasteiger partial charge in [-0.2, -0.15) is 0 Å². The van der Waals surface area contributed by atoms with Crippen LogP contribution >= 0.6 is 0 Å². The number of benzene rings is 1. The Kier molecular flexibility index (Phi) is 3.67. The van der Waals surface area contributed by atoms with E-state index in [0.29, 0.717) is 6.61 Å². The SMILES string of the molecule is CCOc1ccccc1NC1CCCC1O. The van der Waals surface area contributed by atoms with Gasteiger partial charge in [0.05, 0.1) is 24.4 Å². The molecule has 0 spiro atoms. The lowest BCUT2D eigenvalue weighted by molar-refractivity contribution is 0.171. The number of hydrogen-bond donors (Lipinski definition) is 2. The molecule has 0 saturated heterocycles. The first-order chi connectivity index (χ1) is 7.81. The highest BCUT2D eigenvalue weighted by molar-refractivity contribution is 5.57. The third-order valence-corrected chi connectivity index (χ3v) is 3.01. The molecule has 1 aliphatic rings. The van der Waals surface area contributed by atoms with Gasteiger partial charge in [0.2, 0.25) is 0 Å². The zero-order valence-corrected chi connectivity index (χ0v) is 9.65. The zero-order valence-electron chi connectivity index (χ0n) is 9.65. The van der Waals surface area contributed by atoms with Gasteiger partial charge in [-0.25, -0.2) is 0 Å². The molecule has 0 radical (unpaired) electrons. The highest BCUT2D eigenvalue weighted by Gasteiger charge is 2.25. The van der Waals surface area contributed by atoms with E-state index >= 15 is 0 Å². The van der Waals surface area contributed by atoms with Crippen molar-refractivity contribution in [2.75, 3.05) is 11.9 Å². The van der Waals surface area contributed by atoms with Crippen molar-refractivity contribution in [1.29, 1.82) is 0 Å². The molecule has 88 valence electrons. The highest BCUT2D eigenvalue weighted by atomic mass is 16.5. The number of hydrogen-bond acceptors (Lipinski definition) is 3. The van der Waals surface area contributed by atoms with Crippen molar-refractivity contribution in [1.82, 2.24) is 0 Å². The van der Waals surface area contributed by atoms with Crippen LogP contribution in [0.5, 0.6) is 5.75 Å². The molecule has 0 aromatic heterocycles. The third kappa shape index (κ3) is 2.47. The summed E-state index contributed by atoms with van der Waals surface area (Å²) in [6.07, 6.45) is 2.79. The summed E-state index contributed by atoms with van der Waals surface area (Å²) in [6.45, 7) is 2.63. The summed E-state index contributed by atoms with van der Waals surface area (Å²) in [4.78, 5) is 0. The molecular formula is C13H19NO2. The molecule has 2 atom stereocenters. The molecule has 2 rings (SSSR count). The maximum absolute atomic E-state index is 9.77. The van der Waals surface area contributed by atoms with Gasteiger partial charge in [0, 0.05) is 0 Å². The number of aliphatic hydroxyl groups excluding tert-OH is 1. The molecule has 1 aliphatic carbocycles. The average molecular weight is 221 g/mol. The Morgan fingerprint density at radius 1 is 1.38 bits per heavy atom. The van der Waals surface area contributed by atoms with E-state index in [1.165, 1.54) is 0 Å². The van der Waals surface area contributed by atoms with Crippen molar-refractivity contribution in [3.8, 4) is 5.75 Å². The van der Waals surface area contributed by atoms with Crippen LogP contribution in [0.2, 0.25) is 0 Å². The Morgan fingerprint density at radius 3 is 2.88 bits per heavy atom. The van der Waals surface area contributed by atoms with E-state index in [0.717, 1.165) is 30.7 Å². The summed E-state index contributed by atoms with van der Waals surface area (Å²) in [5, 5.41) is 13.1. The van der Waals surface area contributed by atoms with E-state index in [1.807, 2.05) is 31.2 Å². The van der Waals surface area contributed by atoms with Crippen molar-refractivity contribution >= 4 is 5.69 Å². The predicted octanol–water partition coefficient (Wildman–Crippen LogP) is 2.41. The number of ether oxygens (including phenoxy) is 1. The fourth-order valence-electron chi connectivity index (χ4n) is 2.18. The van der Waals surface area contributed by atoms with Crippen molar-refractivity contribution in [2.24, 2.45) is 0 Å². The Labute approximate surface area is 96.4 Å². The first-order valence-electron chi connectivity index (χ1n) is 5.97. The number of aliphatic hydroxyl groups is 1. The van der Waals surface area contributed by atoms with Gasteiger partial charge in [-0.3, -0.25) is 0 Å². The topological polar surface area (TPSA) is 41.5 Å². The number of para-hydroxylation sites is 2. The molecule has 1 saturated carbocycles. The van der Waals surface area contributed by atoms with Crippen LogP contribution in [0.25, 0.3) is 0 Å². The summed E-state index contributed by atoms with van der Waals surface area (Å²) in [7, 11) is 0. The molecule has 1 fully saturated rings. The molecule has 0 amide bonds. The molecule has 1 aromatic rings. The monoisotopic (exact) mass is 221 g/mol. The van der Waals surface area contributed by atoms with E-state index in [2.05, 4.69) is 5.32 Å². The van der Waals surface area contributed by atoms with Crippen LogP contribution in [0, 0.1) is 0 Å².